The van der Waals surface area contributed by atoms with Crippen molar-refractivity contribution in [2.45, 2.75) is 6.92 Å². The normalized spacial score (nSPS) is 11.1. The van der Waals surface area contributed by atoms with Gasteiger partial charge < -0.3 is 5.11 Å². The monoisotopic (exact) mass is 289 g/mol. The molecule has 0 saturated carbocycles. The number of para-hydroxylation sites is 1. The molecule has 0 amide bonds. The molecule has 0 spiro atoms. The van der Waals surface area contributed by atoms with Gasteiger partial charge in [0.25, 0.3) is 0 Å². The molecule has 1 N–H and O–H groups in total. The zero-order chi connectivity index (χ0) is 15.5. The highest BCUT2D eigenvalue weighted by atomic mass is 16.3. The molecule has 3 nitrogen and oxygen atoms in total. The number of aliphatic imine (C=N–C) groups is 1. The first-order valence-electron chi connectivity index (χ1n) is 7.01. The van der Waals surface area contributed by atoms with Gasteiger partial charge in [-0.3, -0.25) is 9.79 Å². The maximum absolute atomic E-state index is 11.6. The number of hydrogen-bond acceptors (Lipinski definition) is 3. The van der Waals surface area contributed by atoms with Gasteiger partial charge in [0.1, 0.15) is 5.75 Å². The Morgan fingerprint density at radius 2 is 1.73 bits per heavy atom. The summed E-state index contributed by atoms with van der Waals surface area (Å²) in [4.78, 5) is 16.0. The summed E-state index contributed by atoms with van der Waals surface area (Å²) < 4.78 is 0. The largest absolute Gasteiger partial charge is 0.507 e. The number of Topliss-reactive ketones (excluding diaryl/α,β-unsaturated/α-hetero) is 1. The van der Waals surface area contributed by atoms with Crippen molar-refractivity contribution in [3.63, 3.8) is 0 Å². The van der Waals surface area contributed by atoms with Crippen LogP contribution in [0.4, 0.5) is 5.69 Å². The summed E-state index contributed by atoms with van der Waals surface area (Å²) in [5.41, 5.74) is 1.79. The first-order chi connectivity index (χ1) is 10.7. The Hall–Kier alpha value is -2.94. The molecule has 3 aromatic carbocycles. The van der Waals surface area contributed by atoms with E-state index in [1.165, 1.54) is 6.92 Å². The number of hydrogen-bond donors (Lipinski definition) is 1. The van der Waals surface area contributed by atoms with Gasteiger partial charge in [-0.15, -0.1) is 0 Å². The molecule has 0 unspecified atom stereocenters. The number of aromatic hydroxyl groups is 1. The lowest BCUT2D eigenvalue weighted by atomic mass is 10.1. The highest BCUT2D eigenvalue weighted by Crippen LogP contribution is 2.28. The Kier molecular flexibility index (Phi) is 3.71. The van der Waals surface area contributed by atoms with Gasteiger partial charge in [-0.25, -0.2) is 0 Å². The maximum Gasteiger partial charge on any atom is 0.161 e. The standard InChI is InChI=1S/C19H15NO2/c1-13(21)16-7-4-5-9-18(16)20-12-15-11-10-14-6-2-3-8-17(14)19(15)22/h2-12,22H,1H3. The van der Waals surface area contributed by atoms with Gasteiger partial charge in [0.15, 0.2) is 5.78 Å². The summed E-state index contributed by atoms with van der Waals surface area (Å²) in [6.07, 6.45) is 1.59. The first kappa shape index (κ1) is 14.0. The minimum Gasteiger partial charge on any atom is -0.507 e. The fourth-order valence-electron chi connectivity index (χ4n) is 2.40. The van der Waals surface area contributed by atoms with Crippen molar-refractivity contribution in [2.24, 2.45) is 4.99 Å². The second-order valence-electron chi connectivity index (χ2n) is 5.06. The quantitative estimate of drug-likeness (QED) is 0.570. The highest BCUT2D eigenvalue weighted by Gasteiger charge is 2.06. The van der Waals surface area contributed by atoms with Crippen LogP contribution in [0.15, 0.2) is 65.7 Å². The van der Waals surface area contributed by atoms with Crippen LogP contribution in [-0.4, -0.2) is 17.1 Å². The second kappa shape index (κ2) is 5.82. The van der Waals surface area contributed by atoms with Crippen LogP contribution in [0.1, 0.15) is 22.8 Å². The van der Waals surface area contributed by atoms with E-state index in [9.17, 15) is 9.90 Å². The van der Waals surface area contributed by atoms with Crippen LogP contribution in [-0.2, 0) is 0 Å². The number of fused-ring (bicyclic) bond motifs is 1. The van der Waals surface area contributed by atoms with E-state index in [1.54, 1.807) is 18.3 Å². The second-order valence-corrected chi connectivity index (χ2v) is 5.06. The molecule has 3 heteroatoms. The van der Waals surface area contributed by atoms with Crippen LogP contribution < -0.4 is 0 Å². The van der Waals surface area contributed by atoms with Crippen LogP contribution in [0.25, 0.3) is 10.8 Å². The summed E-state index contributed by atoms with van der Waals surface area (Å²) in [6, 6.07) is 18.5. The van der Waals surface area contributed by atoms with E-state index in [0.717, 1.165) is 10.8 Å². The molecule has 0 bridgehead atoms. The lowest BCUT2D eigenvalue weighted by molar-refractivity contribution is 0.101. The predicted octanol–water partition coefficient (Wildman–Crippen LogP) is 4.50. The zero-order valence-electron chi connectivity index (χ0n) is 12.2. The molecule has 22 heavy (non-hydrogen) atoms. The average Bonchev–Trinajstić information content (AvgIpc) is 2.55. The lowest BCUT2D eigenvalue weighted by Crippen LogP contribution is -1.92. The summed E-state index contributed by atoms with van der Waals surface area (Å²) in [6.45, 7) is 1.52. The first-order valence-corrected chi connectivity index (χ1v) is 7.01. The van der Waals surface area contributed by atoms with Gasteiger partial charge in [-0.05, 0) is 30.5 Å². The van der Waals surface area contributed by atoms with Crippen molar-refractivity contribution in [2.75, 3.05) is 0 Å². The third kappa shape index (κ3) is 2.61. The number of benzene rings is 3. The Morgan fingerprint density at radius 1 is 1.00 bits per heavy atom. The zero-order valence-corrected chi connectivity index (χ0v) is 12.2. The fourth-order valence-corrected chi connectivity index (χ4v) is 2.40. The van der Waals surface area contributed by atoms with E-state index >= 15 is 0 Å². The third-order valence-electron chi connectivity index (χ3n) is 3.56. The smallest absolute Gasteiger partial charge is 0.161 e. The van der Waals surface area contributed by atoms with E-state index in [0.29, 0.717) is 16.8 Å². The molecule has 3 aromatic rings. The molecule has 0 aliphatic carbocycles. The van der Waals surface area contributed by atoms with Gasteiger partial charge in [0.05, 0.1) is 5.69 Å². The Morgan fingerprint density at radius 3 is 2.55 bits per heavy atom. The molecule has 0 fully saturated rings. The molecule has 0 heterocycles. The maximum atomic E-state index is 11.6. The van der Waals surface area contributed by atoms with Crippen LogP contribution in [0.2, 0.25) is 0 Å². The topological polar surface area (TPSA) is 49.7 Å². The SMILES string of the molecule is CC(=O)c1ccccc1N=Cc1ccc2ccccc2c1O. The average molecular weight is 289 g/mol. The molecule has 0 aliphatic heterocycles. The number of ketones is 1. The molecule has 0 saturated heterocycles. The molecule has 0 aromatic heterocycles. The van der Waals surface area contributed by atoms with E-state index < -0.39 is 0 Å². The van der Waals surface area contributed by atoms with Crippen molar-refractivity contribution in [1.29, 1.82) is 0 Å². The predicted molar refractivity (Wildman–Crippen MR) is 89.3 cm³/mol. The number of phenolic OH excluding ortho intramolecular Hbond substituents is 1. The molecule has 0 aliphatic rings. The van der Waals surface area contributed by atoms with Crippen molar-refractivity contribution < 1.29 is 9.90 Å². The number of carbonyl (C=O) groups is 1. The summed E-state index contributed by atoms with van der Waals surface area (Å²) in [5.74, 6) is 0.164. The summed E-state index contributed by atoms with van der Waals surface area (Å²) in [5, 5.41) is 12.1. The molecule has 108 valence electrons. The molecule has 0 radical (unpaired) electrons. The Bertz CT molecular complexity index is 881. The number of rotatable bonds is 3. The lowest BCUT2D eigenvalue weighted by Gasteiger charge is -2.05. The van der Waals surface area contributed by atoms with E-state index in [4.69, 9.17) is 0 Å². The Labute approximate surface area is 128 Å². The van der Waals surface area contributed by atoms with Crippen molar-refractivity contribution in [3.05, 3.63) is 71.8 Å². The molecule has 0 atom stereocenters. The number of carbonyl (C=O) groups excluding carboxylic acids is 1. The summed E-state index contributed by atoms with van der Waals surface area (Å²) in [7, 11) is 0. The van der Waals surface area contributed by atoms with Crippen LogP contribution >= 0.6 is 0 Å². The van der Waals surface area contributed by atoms with Gasteiger partial charge in [0.2, 0.25) is 0 Å². The number of phenols is 1. The van der Waals surface area contributed by atoms with Crippen molar-refractivity contribution in [1.82, 2.24) is 0 Å². The van der Waals surface area contributed by atoms with Gasteiger partial charge in [-0.2, -0.15) is 0 Å². The highest BCUT2D eigenvalue weighted by molar-refractivity contribution is 6.01. The van der Waals surface area contributed by atoms with Crippen LogP contribution in [0.5, 0.6) is 5.75 Å². The molecule has 3 rings (SSSR count). The minimum absolute atomic E-state index is 0.0320. The molecular formula is C19H15NO2. The minimum atomic E-state index is -0.0320. The Balaban J connectivity index is 2.03. The van der Waals surface area contributed by atoms with Crippen molar-refractivity contribution >= 4 is 28.5 Å². The van der Waals surface area contributed by atoms with E-state index in [-0.39, 0.29) is 11.5 Å². The van der Waals surface area contributed by atoms with Gasteiger partial charge in [-0.1, -0.05) is 42.5 Å². The number of nitrogens with zero attached hydrogens (tertiary/aromatic N) is 1. The fraction of sp³-hybridized carbons (Fsp3) is 0.0526. The van der Waals surface area contributed by atoms with E-state index in [2.05, 4.69) is 4.99 Å². The molecular weight excluding hydrogens is 274 g/mol. The summed E-state index contributed by atoms with van der Waals surface area (Å²) >= 11 is 0. The third-order valence-corrected chi connectivity index (χ3v) is 3.56. The van der Waals surface area contributed by atoms with Gasteiger partial charge >= 0.3 is 0 Å². The van der Waals surface area contributed by atoms with E-state index in [1.807, 2.05) is 48.5 Å². The van der Waals surface area contributed by atoms with Crippen LogP contribution in [0, 0.1) is 0 Å². The van der Waals surface area contributed by atoms with Gasteiger partial charge in [0, 0.05) is 22.7 Å². The van der Waals surface area contributed by atoms with Crippen LogP contribution in [0.3, 0.4) is 0 Å². The van der Waals surface area contributed by atoms with Crippen molar-refractivity contribution in [3.8, 4) is 5.75 Å².